The van der Waals surface area contributed by atoms with E-state index in [1.54, 1.807) is 12.1 Å². The molecule has 220 valence electrons. The molecule has 0 spiro atoms. The highest BCUT2D eigenvalue weighted by molar-refractivity contribution is 5.72. The molecule has 0 aliphatic heterocycles. The molecule has 1 unspecified atom stereocenters. The fourth-order valence-corrected chi connectivity index (χ4v) is 4.66. The van der Waals surface area contributed by atoms with Gasteiger partial charge in [0.05, 0.1) is 12.2 Å². The van der Waals surface area contributed by atoms with E-state index in [-0.39, 0.29) is 19.0 Å². The van der Waals surface area contributed by atoms with Crippen LogP contribution < -0.4 is 4.74 Å². The normalized spacial score (nSPS) is 11.8. The number of carbonyl (C=O) groups excluding carboxylic acids is 1. The lowest BCUT2D eigenvalue weighted by atomic mass is 10.0. The molecule has 0 bridgehead atoms. The minimum absolute atomic E-state index is 0.0416. The van der Waals surface area contributed by atoms with E-state index in [1.807, 2.05) is 52.0 Å². The van der Waals surface area contributed by atoms with Crippen LogP contribution in [0.3, 0.4) is 0 Å². The van der Waals surface area contributed by atoms with Crippen molar-refractivity contribution in [3.05, 3.63) is 76.9 Å². The predicted octanol–water partition coefficient (Wildman–Crippen LogP) is 6.94. The lowest BCUT2D eigenvalue weighted by Crippen LogP contribution is -2.29. The Morgan fingerprint density at radius 1 is 0.786 bits per heavy atom. The molecule has 0 aliphatic carbocycles. The van der Waals surface area contributed by atoms with Crippen LogP contribution in [0.25, 0.3) is 34.2 Å². The maximum atomic E-state index is 11.6. The maximum Gasteiger partial charge on any atom is 0.303 e. The Morgan fingerprint density at radius 2 is 1.33 bits per heavy atom. The van der Waals surface area contributed by atoms with Crippen LogP contribution in [0.15, 0.2) is 54.6 Å². The predicted molar refractivity (Wildman–Crippen MR) is 164 cm³/mol. The third kappa shape index (κ3) is 7.91. The van der Waals surface area contributed by atoms with Gasteiger partial charge in [0.2, 0.25) is 0 Å². The summed E-state index contributed by atoms with van der Waals surface area (Å²) in [5.41, 5.74) is 6.63. The van der Waals surface area contributed by atoms with Crippen molar-refractivity contribution in [1.29, 1.82) is 0 Å². The van der Waals surface area contributed by atoms with Crippen LogP contribution >= 0.6 is 0 Å². The first-order chi connectivity index (χ1) is 20.1. The fraction of sp³-hybridized carbons (Fsp3) is 0.353. The summed E-state index contributed by atoms with van der Waals surface area (Å²) in [6, 6.07) is 17.2. The average molecular weight is 570 g/mol. The molecule has 0 saturated heterocycles. The van der Waals surface area contributed by atoms with Crippen molar-refractivity contribution in [2.24, 2.45) is 0 Å². The molecule has 0 fully saturated rings. The monoisotopic (exact) mass is 569 g/mol. The number of phenolic OH excluding ortho intramolecular Hbond substituents is 1. The standard InChI is InChI=1S/C34H39N3O5/c1-7-8-15-40-19-27(42-25(6)38)20-41-26-11-14-30(31(39)18-26)34-36-32(28-12-9-21(2)16-23(28)4)35-33(37-34)29-13-10-22(3)17-24(29)5/h9-14,16-18,27,39H,7-8,15,19-20H2,1-6H3. The fourth-order valence-electron chi connectivity index (χ4n) is 4.66. The molecule has 3 aromatic carbocycles. The minimum Gasteiger partial charge on any atom is -0.507 e. The van der Waals surface area contributed by atoms with Gasteiger partial charge >= 0.3 is 5.97 Å². The molecule has 0 radical (unpaired) electrons. The summed E-state index contributed by atoms with van der Waals surface area (Å²) in [6.07, 6.45) is 1.38. The van der Waals surface area contributed by atoms with Crippen LogP contribution in [0.5, 0.6) is 11.5 Å². The molecule has 4 aromatic rings. The number of phenols is 1. The average Bonchev–Trinajstić information content (AvgIpc) is 2.93. The summed E-state index contributed by atoms with van der Waals surface area (Å²) in [7, 11) is 0. The zero-order valence-electron chi connectivity index (χ0n) is 25.2. The lowest BCUT2D eigenvalue weighted by molar-refractivity contribution is -0.151. The number of nitrogens with zero attached hydrogens (tertiary/aromatic N) is 3. The molecule has 0 amide bonds. The molecule has 42 heavy (non-hydrogen) atoms. The Balaban J connectivity index is 1.66. The van der Waals surface area contributed by atoms with Crippen LogP contribution in [0.1, 0.15) is 48.9 Å². The Morgan fingerprint density at radius 3 is 1.83 bits per heavy atom. The van der Waals surface area contributed by atoms with Gasteiger partial charge in [0.15, 0.2) is 23.6 Å². The van der Waals surface area contributed by atoms with Gasteiger partial charge < -0.3 is 19.3 Å². The molecule has 1 atom stereocenters. The number of aromatic nitrogens is 3. The largest absolute Gasteiger partial charge is 0.507 e. The molecule has 0 aliphatic rings. The molecule has 8 heteroatoms. The first-order valence-corrected chi connectivity index (χ1v) is 14.3. The van der Waals surface area contributed by atoms with Gasteiger partial charge in [-0.15, -0.1) is 0 Å². The van der Waals surface area contributed by atoms with E-state index in [0.29, 0.717) is 35.4 Å². The van der Waals surface area contributed by atoms with Crippen LogP contribution in [-0.4, -0.2) is 52.0 Å². The van der Waals surface area contributed by atoms with E-state index in [1.165, 1.54) is 13.0 Å². The number of aromatic hydroxyl groups is 1. The van der Waals surface area contributed by atoms with Gasteiger partial charge in [0, 0.05) is 30.7 Å². The highest BCUT2D eigenvalue weighted by Crippen LogP contribution is 2.34. The summed E-state index contributed by atoms with van der Waals surface area (Å²) in [6.45, 7) is 12.5. The quantitative estimate of drug-likeness (QED) is 0.145. The molecule has 1 N–H and O–H groups in total. The second-order valence-electron chi connectivity index (χ2n) is 10.6. The third-order valence-corrected chi connectivity index (χ3v) is 6.81. The van der Waals surface area contributed by atoms with Crippen molar-refractivity contribution < 1.29 is 24.1 Å². The zero-order chi connectivity index (χ0) is 30.2. The number of hydrogen-bond acceptors (Lipinski definition) is 8. The third-order valence-electron chi connectivity index (χ3n) is 6.81. The van der Waals surface area contributed by atoms with Crippen LogP contribution in [-0.2, 0) is 14.3 Å². The molecule has 4 rings (SSSR count). The van der Waals surface area contributed by atoms with Crippen LogP contribution in [0.4, 0.5) is 0 Å². The van der Waals surface area contributed by atoms with Gasteiger partial charge in [-0.25, -0.2) is 15.0 Å². The Labute approximate surface area is 247 Å². The number of unbranched alkanes of at least 4 members (excludes halogenated alkanes) is 1. The van der Waals surface area contributed by atoms with Gasteiger partial charge in [-0.3, -0.25) is 4.79 Å². The number of esters is 1. The second-order valence-corrected chi connectivity index (χ2v) is 10.6. The van der Waals surface area contributed by atoms with E-state index >= 15 is 0 Å². The van der Waals surface area contributed by atoms with Crippen molar-refractivity contribution in [2.45, 2.75) is 60.5 Å². The molecule has 0 saturated carbocycles. The smallest absolute Gasteiger partial charge is 0.303 e. The summed E-state index contributed by atoms with van der Waals surface area (Å²) in [5.74, 6) is 1.37. The summed E-state index contributed by atoms with van der Waals surface area (Å²) in [5, 5.41) is 11.1. The summed E-state index contributed by atoms with van der Waals surface area (Å²) >= 11 is 0. The minimum atomic E-state index is -0.565. The SMILES string of the molecule is CCCCOCC(COc1ccc(-c2nc(-c3ccc(C)cc3C)nc(-c3ccc(C)cc3C)n2)c(O)c1)OC(C)=O. The molecular weight excluding hydrogens is 530 g/mol. The number of ether oxygens (including phenoxy) is 3. The highest BCUT2D eigenvalue weighted by atomic mass is 16.6. The second kappa shape index (κ2) is 14.0. The van der Waals surface area contributed by atoms with E-state index in [2.05, 4.69) is 19.1 Å². The van der Waals surface area contributed by atoms with Crippen molar-refractivity contribution in [1.82, 2.24) is 15.0 Å². The lowest BCUT2D eigenvalue weighted by Gasteiger charge is -2.18. The highest BCUT2D eigenvalue weighted by Gasteiger charge is 2.18. The molecule has 1 heterocycles. The van der Waals surface area contributed by atoms with Crippen LogP contribution in [0.2, 0.25) is 0 Å². The Bertz CT molecular complexity index is 1480. The Hall–Kier alpha value is -4.30. The molecular formula is C34H39N3O5. The number of benzene rings is 3. The van der Waals surface area contributed by atoms with Crippen molar-refractivity contribution >= 4 is 5.97 Å². The molecule has 1 aromatic heterocycles. The van der Waals surface area contributed by atoms with Crippen molar-refractivity contribution in [3.63, 3.8) is 0 Å². The van der Waals surface area contributed by atoms with Gasteiger partial charge in [-0.1, -0.05) is 60.9 Å². The first-order valence-electron chi connectivity index (χ1n) is 14.3. The van der Waals surface area contributed by atoms with E-state index in [9.17, 15) is 9.90 Å². The van der Waals surface area contributed by atoms with E-state index in [0.717, 1.165) is 46.2 Å². The van der Waals surface area contributed by atoms with Crippen molar-refractivity contribution in [3.8, 4) is 45.7 Å². The number of rotatable bonds is 12. The zero-order valence-corrected chi connectivity index (χ0v) is 25.2. The van der Waals surface area contributed by atoms with E-state index in [4.69, 9.17) is 29.2 Å². The number of hydrogen-bond donors (Lipinski definition) is 1. The van der Waals surface area contributed by atoms with Gasteiger partial charge in [-0.2, -0.15) is 0 Å². The Kier molecular flexibility index (Phi) is 10.3. The first kappa shape index (κ1) is 30.7. The van der Waals surface area contributed by atoms with Crippen LogP contribution in [0, 0.1) is 27.7 Å². The van der Waals surface area contributed by atoms with Crippen molar-refractivity contribution in [2.75, 3.05) is 19.8 Å². The van der Waals surface area contributed by atoms with E-state index < -0.39 is 12.1 Å². The number of aryl methyl sites for hydroxylation is 4. The van der Waals surface area contributed by atoms with Gasteiger partial charge in [0.25, 0.3) is 0 Å². The van der Waals surface area contributed by atoms with Gasteiger partial charge in [0.1, 0.15) is 18.1 Å². The topological polar surface area (TPSA) is 104 Å². The summed E-state index contributed by atoms with van der Waals surface area (Å²) < 4.78 is 16.8. The maximum absolute atomic E-state index is 11.6. The molecule has 8 nitrogen and oxygen atoms in total. The summed E-state index contributed by atoms with van der Waals surface area (Å²) in [4.78, 5) is 26.0. The van der Waals surface area contributed by atoms with Gasteiger partial charge in [-0.05, 0) is 57.4 Å². The number of carbonyl (C=O) groups is 1.